The van der Waals surface area contributed by atoms with Crippen molar-refractivity contribution in [3.05, 3.63) is 35.1 Å². The highest BCUT2D eigenvalue weighted by atomic mass is 32.1. The van der Waals surface area contributed by atoms with Crippen molar-refractivity contribution in [2.45, 2.75) is 39.5 Å². The summed E-state index contributed by atoms with van der Waals surface area (Å²) >= 11 is 3.94. The monoisotopic (exact) mass is 355 g/mol. The molecule has 1 aromatic carbocycles. The van der Waals surface area contributed by atoms with Gasteiger partial charge in [0.2, 0.25) is 0 Å². The largest absolute Gasteiger partial charge is 0.444 e. The van der Waals surface area contributed by atoms with Crippen LogP contribution in [0.5, 0.6) is 0 Å². The van der Waals surface area contributed by atoms with E-state index in [0.29, 0.717) is 17.9 Å². The van der Waals surface area contributed by atoms with E-state index in [2.05, 4.69) is 17.9 Å². The molecular formula is C15H21F4NO2S. The Bertz CT molecular complexity index is 513. The minimum atomic E-state index is -4.60. The molecule has 0 aliphatic heterocycles. The van der Waals surface area contributed by atoms with Crippen molar-refractivity contribution in [3.63, 3.8) is 0 Å². The SMILES string of the molecule is CC(C)(C)OC(=O)NCCS.Cc1ccc(F)c(C(F)(F)F)c1. The average molecular weight is 355 g/mol. The second-order valence-electron chi connectivity index (χ2n) is 5.63. The maximum absolute atomic E-state index is 12.5. The molecule has 0 aliphatic rings. The van der Waals surface area contributed by atoms with Crippen LogP contribution >= 0.6 is 12.6 Å². The Kier molecular flexibility index (Phi) is 8.44. The molecule has 0 heterocycles. The minimum absolute atomic E-state index is 0.383. The number of rotatable bonds is 2. The van der Waals surface area contributed by atoms with Gasteiger partial charge in [-0.2, -0.15) is 25.8 Å². The van der Waals surface area contributed by atoms with Gasteiger partial charge in [0.1, 0.15) is 11.4 Å². The molecule has 0 unspecified atom stereocenters. The van der Waals surface area contributed by atoms with Crippen molar-refractivity contribution in [1.29, 1.82) is 0 Å². The van der Waals surface area contributed by atoms with Crippen LogP contribution < -0.4 is 5.32 Å². The first-order valence-corrected chi connectivity index (χ1v) is 7.41. The molecule has 8 heteroatoms. The summed E-state index contributed by atoms with van der Waals surface area (Å²) in [5.41, 5.74) is -1.23. The second kappa shape index (κ2) is 9.00. The lowest BCUT2D eigenvalue weighted by Gasteiger charge is -2.19. The van der Waals surface area contributed by atoms with E-state index in [1.54, 1.807) is 0 Å². The number of hydrogen-bond donors (Lipinski definition) is 2. The van der Waals surface area contributed by atoms with E-state index in [1.165, 1.54) is 13.0 Å². The van der Waals surface area contributed by atoms with Crippen molar-refractivity contribution >= 4 is 18.7 Å². The van der Waals surface area contributed by atoms with Gasteiger partial charge in [0.25, 0.3) is 0 Å². The Labute approximate surface area is 138 Å². The summed E-state index contributed by atoms with van der Waals surface area (Å²) in [7, 11) is 0. The molecule has 0 saturated heterocycles. The van der Waals surface area contributed by atoms with Gasteiger partial charge in [0.15, 0.2) is 0 Å². The number of aryl methyl sites for hydroxylation is 1. The summed E-state index contributed by atoms with van der Waals surface area (Å²) in [6, 6.07) is 2.90. The molecule has 0 bridgehead atoms. The molecule has 1 amide bonds. The summed E-state index contributed by atoms with van der Waals surface area (Å²) in [5.74, 6) is -0.604. The Balaban J connectivity index is 0.000000423. The Morgan fingerprint density at radius 2 is 1.83 bits per heavy atom. The molecule has 0 spiro atoms. The van der Waals surface area contributed by atoms with Crippen LogP contribution in [-0.4, -0.2) is 24.0 Å². The standard InChI is InChI=1S/C8H6F4.C7H15NO2S/c1-5-2-3-7(9)6(4-5)8(10,11)12;1-7(2,3)10-6(9)8-4-5-11/h2-4H,1H3;11H,4-5H2,1-3H3,(H,8,9). The van der Waals surface area contributed by atoms with Crippen molar-refractivity contribution in [1.82, 2.24) is 5.32 Å². The van der Waals surface area contributed by atoms with Crippen LogP contribution in [0.4, 0.5) is 22.4 Å². The molecule has 23 heavy (non-hydrogen) atoms. The molecule has 0 atom stereocenters. The summed E-state index contributed by atoms with van der Waals surface area (Å²) in [4.78, 5) is 10.9. The fraction of sp³-hybridized carbons (Fsp3) is 0.533. The number of nitrogens with one attached hydrogen (secondary N) is 1. The second-order valence-corrected chi connectivity index (χ2v) is 6.08. The summed E-state index contributed by atoms with van der Waals surface area (Å²) in [6.45, 7) is 7.50. The molecule has 0 radical (unpaired) electrons. The van der Waals surface area contributed by atoms with E-state index >= 15 is 0 Å². The average Bonchev–Trinajstić information content (AvgIpc) is 2.37. The van der Waals surface area contributed by atoms with Crippen LogP contribution in [0.3, 0.4) is 0 Å². The summed E-state index contributed by atoms with van der Waals surface area (Å²) in [5, 5.41) is 2.55. The molecular weight excluding hydrogens is 334 g/mol. The van der Waals surface area contributed by atoms with Gasteiger partial charge in [-0.3, -0.25) is 0 Å². The molecule has 0 saturated carbocycles. The van der Waals surface area contributed by atoms with Crippen molar-refractivity contribution in [2.24, 2.45) is 0 Å². The first-order valence-electron chi connectivity index (χ1n) is 6.78. The van der Waals surface area contributed by atoms with Gasteiger partial charge < -0.3 is 10.1 Å². The van der Waals surface area contributed by atoms with Crippen molar-refractivity contribution < 1.29 is 27.1 Å². The molecule has 132 valence electrons. The maximum Gasteiger partial charge on any atom is 0.419 e. The number of hydrogen-bond acceptors (Lipinski definition) is 3. The Hall–Kier alpha value is -1.44. The number of amides is 1. The number of alkyl halides is 3. The third-order valence-electron chi connectivity index (χ3n) is 2.21. The first kappa shape index (κ1) is 21.6. The van der Waals surface area contributed by atoms with Gasteiger partial charge in [-0.1, -0.05) is 11.6 Å². The number of carbonyl (C=O) groups excluding carboxylic acids is 1. The van der Waals surface area contributed by atoms with E-state index in [9.17, 15) is 22.4 Å². The fourth-order valence-electron chi connectivity index (χ4n) is 1.33. The fourth-order valence-corrected chi connectivity index (χ4v) is 1.44. The molecule has 1 aromatic rings. The van der Waals surface area contributed by atoms with Crippen LogP contribution in [0, 0.1) is 12.7 Å². The molecule has 0 aliphatic carbocycles. The molecule has 3 nitrogen and oxygen atoms in total. The summed E-state index contributed by atoms with van der Waals surface area (Å²) < 4.78 is 53.5. The number of carbonyl (C=O) groups is 1. The minimum Gasteiger partial charge on any atom is -0.444 e. The van der Waals surface area contributed by atoms with Crippen LogP contribution in [0.25, 0.3) is 0 Å². The maximum atomic E-state index is 12.5. The van der Waals surface area contributed by atoms with Gasteiger partial charge in [-0.25, -0.2) is 9.18 Å². The lowest BCUT2D eigenvalue weighted by molar-refractivity contribution is -0.140. The third-order valence-corrected chi connectivity index (χ3v) is 2.43. The van der Waals surface area contributed by atoms with E-state index in [4.69, 9.17) is 4.74 Å². The van der Waals surface area contributed by atoms with Gasteiger partial charge >= 0.3 is 12.3 Å². The van der Waals surface area contributed by atoms with Crippen LogP contribution in [0.15, 0.2) is 18.2 Å². The Morgan fingerprint density at radius 3 is 2.22 bits per heavy atom. The quantitative estimate of drug-likeness (QED) is 0.601. The third kappa shape index (κ3) is 10.0. The topological polar surface area (TPSA) is 38.3 Å². The number of thiol groups is 1. The van der Waals surface area contributed by atoms with Gasteiger partial charge in [-0.15, -0.1) is 0 Å². The zero-order valence-electron chi connectivity index (χ0n) is 13.4. The van der Waals surface area contributed by atoms with Crippen molar-refractivity contribution in [3.8, 4) is 0 Å². The highest BCUT2D eigenvalue weighted by molar-refractivity contribution is 7.80. The number of benzene rings is 1. The predicted molar refractivity (Wildman–Crippen MR) is 84.2 cm³/mol. The molecule has 0 fully saturated rings. The van der Waals surface area contributed by atoms with Crippen LogP contribution in [0.1, 0.15) is 31.9 Å². The zero-order chi connectivity index (χ0) is 18.3. The van der Waals surface area contributed by atoms with Gasteiger partial charge in [0, 0.05) is 12.3 Å². The first-order chi connectivity index (χ1) is 10.4. The van der Waals surface area contributed by atoms with Crippen LogP contribution in [0.2, 0.25) is 0 Å². The lowest BCUT2D eigenvalue weighted by atomic mass is 10.1. The highest BCUT2D eigenvalue weighted by Gasteiger charge is 2.33. The van der Waals surface area contributed by atoms with Crippen molar-refractivity contribution in [2.75, 3.05) is 12.3 Å². The molecule has 1 rings (SSSR count). The van der Waals surface area contributed by atoms with Gasteiger partial charge in [-0.05, 0) is 39.8 Å². The normalized spacial score (nSPS) is 11.3. The van der Waals surface area contributed by atoms with Gasteiger partial charge in [0.05, 0.1) is 5.56 Å². The van der Waals surface area contributed by atoms with Crippen LogP contribution in [-0.2, 0) is 10.9 Å². The zero-order valence-corrected chi connectivity index (χ0v) is 14.3. The lowest BCUT2D eigenvalue weighted by Crippen LogP contribution is -2.33. The predicted octanol–water partition coefficient (Wildman–Crippen LogP) is 4.59. The smallest absolute Gasteiger partial charge is 0.419 e. The highest BCUT2D eigenvalue weighted by Crippen LogP contribution is 2.31. The van der Waals surface area contributed by atoms with E-state index in [1.807, 2.05) is 20.8 Å². The number of ether oxygens (including phenoxy) is 1. The number of alkyl carbamates (subject to hydrolysis) is 1. The molecule has 0 aromatic heterocycles. The van der Waals surface area contributed by atoms with E-state index in [0.717, 1.165) is 12.1 Å². The van der Waals surface area contributed by atoms with E-state index in [-0.39, 0.29) is 6.09 Å². The summed E-state index contributed by atoms with van der Waals surface area (Å²) in [6.07, 6.45) is -4.98. The molecule has 1 N–H and O–H groups in total. The Morgan fingerprint density at radius 1 is 1.26 bits per heavy atom. The van der Waals surface area contributed by atoms with E-state index < -0.39 is 23.2 Å². The number of halogens is 4.